The van der Waals surface area contributed by atoms with Gasteiger partial charge in [0.2, 0.25) is 9.84 Å². The first-order valence-corrected chi connectivity index (χ1v) is 10.6. The lowest BCUT2D eigenvalue weighted by Crippen LogP contribution is -2.05. The molecule has 23 heavy (non-hydrogen) atoms. The molecule has 0 aromatic heterocycles. The maximum Gasteiger partial charge on any atom is 0.202 e. The van der Waals surface area contributed by atoms with E-state index in [0.717, 1.165) is 32.1 Å². The van der Waals surface area contributed by atoms with Crippen LogP contribution in [0.2, 0.25) is 0 Å². The first-order valence-electron chi connectivity index (χ1n) is 9.12. The molecule has 0 saturated carbocycles. The maximum absolute atomic E-state index is 12.8. The van der Waals surface area contributed by atoms with Crippen molar-refractivity contribution in [3.05, 3.63) is 41.3 Å². The van der Waals surface area contributed by atoms with Gasteiger partial charge in [0.15, 0.2) is 0 Å². The van der Waals surface area contributed by atoms with Gasteiger partial charge in [-0.1, -0.05) is 76.6 Å². The van der Waals surface area contributed by atoms with Crippen LogP contribution < -0.4 is 0 Å². The minimum Gasteiger partial charge on any atom is -0.219 e. The summed E-state index contributed by atoms with van der Waals surface area (Å²) in [6.07, 6.45) is 12.7. The van der Waals surface area contributed by atoms with E-state index in [9.17, 15) is 8.42 Å². The van der Waals surface area contributed by atoms with Crippen molar-refractivity contribution in [1.82, 2.24) is 0 Å². The molecular weight excluding hydrogens is 304 g/mol. The third kappa shape index (κ3) is 7.34. The van der Waals surface area contributed by atoms with Crippen LogP contribution in [0.25, 0.3) is 0 Å². The fourth-order valence-corrected chi connectivity index (χ4v) is 4.23. The smallest absolute Gasteiger partial charge is 0.202 e. The van der Waals surface area contributed by atoms with Crippen molar-refractivity contribution in [2.45, 2.75) is 83.0 Å². The second-order valence-corrected chi connectivity index (χ2v) is 8.15. The van der Waals surface area contributed by atoms with E-state index in [1.165, 1.54) is 25.7 Å². The average Bonchev–Trinajstić information content (AvgIpc) is 2.57. The normalized spacial score (nSPS) is 12.5. The van der Waals surface area contributed by atoms with Gasteiger partial charge in [-0.25, -0.2) is 8.42 Å². The van der Waals surface area contributed by atoms with Crippen LogP contribution in [-0.2, 0) is 9.84 Å². The molecule has 0 aliphatic rings. The predicted octanol–water partition coefficient (Wildman–Crippen LogP) is 6.29. The molecule has 0 radical (unpaired) electrons. The van der Waals surface area contributed by atoms with E-state index in [1.54, 1.807) is 24.3 Å². The van der Waals surface area contributed by atoms with Gasteiger partial charge in [-0.3, -0.25) is 0 Å². The van der Waals surface area contributed by atoms with E-state index >= 15 is 0 Å². The molecule has 1 aromatic carbocycles. The quantitative estimate of drug-likeness (QED) is 0.421. The molecule has 0 atom stereocenters. The summed E-state index contributed by atoms with van der Waals surface area (Å²) in [5.74, 6) is 0. The number of hydrogen-bond acceptors (Lipinski definition) is 2. The molecule has 3 heteroatoms. The SMILES string of the molecule is CCCCCCC/C=C(\CCCCC)S(=O)(=O)c1ccccc1. The van der Waals surface area contributed by atoms with Crippen LogP contribution in [0.1, 0.15) is 78.1 Å². The summed E-state index contributed by atoms with van der Waals surface area (Å²) >= 11 is 0. The van der Waals surface area contributed by atoms with E-state index in [0.29, 0.717) is 16.2 Å². The summed E-state index contributed by atoms with van der Waals surface area (Å²) < 4.78 is 25.6. The van der Waals surface area contributed by atoms with Crippen LogP contribution in [0.15, 0.2) is 46.2 Å². The van der Waals surface area contributed by atoms with Crippen LogP contribution in [0.4, 0.5) is 0 Å². The van der Waals surface area contributed by atoms with Gasteiger partial charge in [0.25, 0.3) is 0 Å². The average molecular weight is 337 g/mol. The van der Waals surface area contributed by atoms with Gasteiger partial charge in [-0.05, 0) is 37.8 Å². The summed E-state index contributed by atoms with van der Waals surface area (Å²) in [7, 11) is -3.32. The van der Waals surface area contributed by atoms with Crippen LogP contribution in [0, 0.1) is 0 Å². The summed E-state index contributed by atoms with van der Waals surface area (Å²) in [4.78, 5) is 1.04. The van der Waals surface area contributed by atoms with Crippen LogP contribution in [-0.4, -0.2) is 8.42 Å². The van der Waals surface area contributed by atoms with Crippen molar-refractivity contribution in [2.75, 3.05) is 0 Å². The van der Waals surface area contributed by atoms with E-state index in [-0.39, 0.29) is 0 Å². The Hall–Kier alpha value is -1.09. The molecule has 0 fully saturated rings. The fourth-order valence-electron chi connectivity index (χ4n) is 2.66. The van der Waals surface area contributed by atoms with Gasteiger partial charge in [0, 0.05) is 4.91 Å². The van der Waals surface area contributed by atoms with Gasteiger partial charge in [-0.2, -0.15) is 0 Å². The van der Waals surface area contributed by atoms with Crippen molar-refractivity contribution < 1.29 is 8.42 Å². The maximum atomic E-state index is 12.8. The number of rotatable bonds is 12. The molecule has 2 nitrogen and oxygen atoms in total. The van der Waals surface area contributed by atoms with E-state index in [4.69, 9.17) is 0 Å². The number of unbranched alkanes of at least 4 members (excludes halogenated alkanes) is 7. The van der Waals surface area contributed by atoms with E-state index in [2.05, 4.69) is 13.8 Å². The molecule has 0 amide bonds. The fraction of sp³-hybridized carbons (Fsp3) is 0.600. The zero-order valence-corrected chi connectivity index (χ0v) is 15.6. The largest absolute Gasteiger partial charge is 0.219 e. The van der Waals surface area contributed by atoms with Crippen LogP contribution in [0.3, 0.4) is 0 Å². The van der Waals surface area contributed by atoms with E-state index < -0.39 is 9.84 Å². The third-order valence-electron chi connectivity index (χ3n) is 4.11. The summed E-state index contributed by atoms with van der Waals surface area (Å²) in [6.45, 7) is 4.35. The van der Waals surface area contributed by atoms with Crippen LogP contribution >= 0.6 is 0 Å². The highest BCUT2D eigenvalue weighted by Crippen LogP contribution is 2.24. The van der Waals surface area contributed by atoms with Crippen molar-refractivity contribution in [2.24, 2.45) is 0 Å². The Balaban J connectivity index is 2.74. The minimum absolute atomic E-state index is 0.425. The molecule has 1 aromatic rings. The minimum atomic E-state index is -3.32. The highest BCUT2D eigenvalue weighted by atomic mass is 32.2. The number of benzene rings is 1. The standard InChI is InChI=1S/C20H32O2S/c1-3-5-7-8-9-12-16-19(15-11-6-4-2)23(21,22)20-17-13-10-14-18-20/h10,13-14,16-18H,3-9,11-12,15H2,1-2H3/b19-16+. The topological polar surface area (TPSA) is 34.1 Å². The molecule has 0 N–H and O–H groups in total. The summed E-state index contributed by atoms with van der Waals surface area (Å²) in [5, 5.41) is 0. The second-order valence-electron chi connectivity index (χ2n) is 6.15. The Morgan fingerprint density at radius 1 is 0.870 bits per heavy atom. The molecular formula is C20H32O2S. The highest BCUT2D eigenvalue weighted by Gasteiger charge is 2.19. The Labute approximate surface area is 142 Å². The molecule has 130 valence electrons. The zero-order chi connectivity index (χ0) is 17.0. The molecule has 0 heterocycles. The van der Waals surface area contributed by atoms with Gasteiger partial charge >= 0.3 is 0 Å². The van der Waals surface area contributed by atoms with Gasteiger partial charge in [-0.15, -0.1) is 0 Å². The zero-order valence-electron chi connectivity index (χ0n) is 14.8. The predicted molar refractivity (Wildman–Crippen MR) is 99.2 cm³/mol. The van der Waals surface area contributed by atoms with Crippen molar-refractivity contribution in [3.63, 3.8) is 0 Å². The van der Waals surface area contributed by atoms with Crippen molar-refractivity contribution >= 4 is 9.84 Å². The van der Waals surface area contributed by atoms with Gasteiger partial charge in [0.1, 0.15) is 0 Å². The lowest BCUT2D eigenvalue weighted by Gasteiger charge is -2.10. The van der Waals surface area contributed by atoms with Crippen molar-refractivity contribution in [3.8, 4) is 0 Å². The first kappa shape index (κ1) is 20.0. The molecule has 0 spiro atoms. The molecule has 1 rings (SSSR count). The summed E-state index contributed by atoms with van der Waals surface area (Å²) in [5.41, 5.74) is 0. The van der Waals surface area contributed by atoms with Crippen molar-refractivity contribution in [1.29, 1.82) is 0 Å². The van der Waals surface area contributed by atoms with Crippen LogP contribution in [0.5, 0.6) is 0 Å². The lowest BCUT2D eigenvalue weighted by molar-refractivity contribution is 0.596. The second kappa shape index (κ2) is 11.4. The van der Waals surface area contributed by atoms with E-state index in [1.807, 2.05) is 12.1 Å². The molecule has 0 bridgehead atoms. The lowest BCUT2D eigenvalue weighted by atomic mass is 10.1. The highest BCUT2D eigenvalue weighted by molar-refractivity contribution is 7.95. The summed E-state index contributed by atoms with van der Waals surface area (Å²) in [6, 6.07) is 8.84. The Bertz CT molecular complexity index is 544. The Kier molecular flexibility index (Phi) is 9.93. The van der Waals surface area contributed by atoms with Gasteiger partial charge < -0.3 is 0 Å². The third-order valence-corrected chi connectivity index (χ3v) is 6.06. The molecule has 0 saturated heterocycles. The number of sulfone groups is 1. The monoisotopic (exact) mass is 336 g/mol. The Morgan fingerprint density at radius 2 is 1.48 bits per heavy atom. The first-order chi connectivity index (χ1) is 11.1. The molecule has 0 aliphatic carbocycles. The number of hydrogen-bond donors (Lipinski definition) is 0. The number of allylic oxidation sites excluding steroid dienone is 2. The molecule has 0 aliphatic heterocycles. The Morgan fingerprint density at radius 3 is 2.13 bits per heavy atom. The molecule has 0 unspecified atom stereocenters. The van der Waals surface area contributed by atoms with Gasteiger partial charge in [0.05, 0.1) is 4.90 Å².